The number of aliphatic hydroxyl groups is 5. The van der Waals surface area contributed by atoms with E-state index in [0.717, 1.165) is 0 Å². The normalized spacial score (nSPS) is 50.4. The average Bonchev–Trinajstić information content (AvgIpc) is 3.05. The van der Waals surface area contributed by atoms with Crippen molar-refractivity contribution < 1.29 is 63.5 Å². The smallest absolute Gasteiger partial charge is 0.311 e. The van der Waals surface area contributed by atoms with Crippen molar-refractivity contribution in [1.82, 2.24) is 5.32 Å². The van der Waals surface area contributed by atoms with Crippen LogP contribution in [-0.2, 0) is 38.0 Å². The monoisotopic (exact) mass is 719 g/mol. The first-order valence-electron chi connectivity index (χ1n) is 18.1. The van der Waals surface area contributed by atoms with Crippen molar-refractivity contribution in [3.63, 3.8) is 0 Å². The van der Waals surface area contributed by atoms with Crippen LogP contribution in [0.4, 0.5) is 0 Å². The largest absolute Gasteiger partial charge is 0.459 e. The van der Waals surface area contributed by atoms with Gasteiger partial charge in [-0.25, -0.2) is 0 Å². The van der Waals surface area contributed by atoms with Gasteiger partial charge in [-0.2, -0.15) is 0 Å². The fraction of sp³-hybridized carbons (Fsp3) is 0.944. The highest BCUT2D eigenvalue weighted by atomic mass is 16.7. The Morgan fingerprint density at radius 2 is 1.52 bits per heavy atom. The quantitative estimate of drug-likeness (QED) is 0.206. The molecule has 0 aliphatic carbocycles. The number of rotatable bonds is 7. The van der Waals surface area contributed by atoms with Crippen LogP contribution in [0, 0.1) is 23.7 Å². The molecular weight excluding hydrogens is 654 g/mol. The van der Waals surface area contributed by atoms with Crippen molar-refractivity contribution in [3.05, 3.63) is 0 Å². The molecule has 0 saturated carbocycles. The lowest BCUT2D eigenvalue weighted by Gasteiger charge is -2.48. The molecule has 292 valence electrons. The van der Waals surface area contributed by atoms with Gasteiger partial charge in [0, 0.05) is 37.3 Å². The van der Waals surface area contributed by atoms with E-state index in [4.69, 9.17) is 28.4 Å². The van der Waals surface area contributed by atoms with Gasteiger partial charge in [0.05, 0.1) is 47.6 Å². The summed E-state index contributed by atoms with van der Waals surface area (Å²) in [5.41, 5.74) is -4.84. The van der Waals surface area contributed by atoms with Crippen LogP contribution in [0.15, 0.2) is 0 Å². The van der Waals surface area contributed by atoms with Crippen molar-refractivity contribution in [2.45, 2.75) is 179 Å². The number of cyclic esters (lactones) is 1. The Bertz CT molecular complexity index is 1140. The summed E-state index contributed by atoms with van der Waals surface area (Å²) in [6.45, 7) is 16.3. The summed E-state index contributed by atoms with van der Waals surface area (Å²) < 4.78 is 36.9. The number of nitrogens with one attached hydrogen (secondary N) is 1. The number of carbonyl (C=O) groups excluding carboxylic acids is 2. The lowest BCUT2D eigenvalue weighted by molar-refractivity contribution is -0.316. The summed E-state index contributed by atoms with van der Waals surface area (Å²) in [5, 5.41) is 60.4. The van der Waals surface area contributed by atoms with Crippen molar-refractivity contribution in [3.8, 4) is 0 Å². The highest BCUT2D eigenvalue weighted by molar-refractivity contribution is 5.83. The molecule has 14 heteroatoms. The SMILES string of the molecule is CCC1OC(=O)C(C)C(OC2CC(C)(OC)C(O)C(C)O2)C(C)C(OC2OC(C)CC(NC)C2O)C(C)(O)CC(C)C(=O)C(C)C(O)C1(C)O. The fourth-order valence-corrected chi connectivity index (χ4v) is 8.21. The van der Waals surface area contributed by atoms with Crippen LogP contribution in [0.25, 0.3) is 0 Å². The molecule has 3 aliphatic heterocycles. The zero-order valence-electron chi connectivity index (χ0n) is 32.0. The number of hydrogen-bond acceptors (Lipinski definition) is 14. The third-order valence-corrected chi connectivity index (χ3v) is 11.6. The fourth-order valence-electron chi connectivity index (χ4n) is 8.21. The number of ether oxygens (including phenoxy) is 6. The number of ketones is 1. The van der Waals surface area contributed by atoms with Gasteiger partial charge in [0.25, 0.3) is 0 Å². The Morgan fingerprint density at radius 1 is 0.900 bits per heavy atom. The van der Waals surface area contributed by atoms with Gasteiger partial charge in [-0.15, -0.1) is 0 Å². The molecule has 3 heterocycles. The van der Waals surface area contributed by atoms with Crippen LogP contribution in [0.3, 0.4) is 0 Å². The van der Waals surface area contributed by atoms with E-state index in [1.54, 1.807) is 48.6 Å². The molecule has 3 aliphatic rings. The van der Waals surface area contributed by atoms with Crippen LogP contribution < -0.4 is 5.32 Å². The lowest BCUT2D eigenvalue weighted by atomic mass is 9.74. The van der Waals surface area contributed by atoms with Crippen LogP contribution in [-0.4, -0.2) is 136 Å². The number of carbonyl (C=O) groups is 2. The van der Waals surface area contributed by atoms with E-state index in [1.807, 2.05) is 6.92 Å². The Kier molecular flexibility index (Phi) is 14.5. The number of aliphatic hydroxyl groups excluding tert-OH is 3. The molecule has 3 rings (SSSR count). The standard InChI is InChI=1S/C36H65NO13/c1-13-24-36(10,44)29(40)19(4)26(38)17(2)15-34(8,43)31(50-33-27(39)23(37-11)14-18(3)46-33)20(5)28(21(6)32(42)48-24)49-25-16-35(9,45-12)30(41)22(7)47-25/h17-25,27-31,33,37,39-41,43-44H,13-16H2,1-12H3. The van der Waals surface area contributed by atoms with Crippen LogP contribution in [0.2, 0.25) is 0 Å². The second kappa shape index (κ2) is 16.8. The molecule has 3 saturated heterocycles. The van der Waals surface area contributed by atoms with Crippen molar-refractivity contribution in [2.24, 2.45) is 23.7 Å². The van der Waals surface area contributed by atoms with Crippen LogP contribution >= 0.6 is 0 Å². The van der Waals surface area contributed by atoms with Gasteiger partial charge in [-0.1, -0.05) is 27.7 Å². The van der Waals surface area contributed by atoms with Gasteiger partial charge in [-0.3, -0.25) is 9.59 Å². The van der Waals surface area contributed by atoms with Gasteiger partial charge >= 0.3 is 5.97 Å². The minimum absolute atomic E-state index is 0.0929. The highest BCUT2D eigenvalue weighted by Crippen LogP contribution is 2.40. The van der Waals surface area contributed by atoms with E-state index in [9.17, 15) is 35.1 Å². The first-order valence-corrected chi connectivity index (χ1v) is 18.1. The van der Waals surface area contributed by atoms with E-state index < -0.39 is 108 Å². The minimum atomic E-state index is -1.99. The van der Waals surface area contributed by atoms with Crippen molar-refractivity contribution >= 4 is 11.8 Å². The summed E-state index contributed by atoms with van der Waals surface area (Å²) >= 11 is 0. The number of methoxy groups -OCH3 is 1. The van der Waals surface area contributed by atoms with E-state index in [1.165, 1.54) is 27.9 Å². The maximum atomic E-state index is 14.0. The molecule has 18 unspecified atom stereocenters. The van der Waals surface area contributed by atoms with Gasteiger partial charge in [0.1, 0.15) is 29.7 Å². The molecule has 0 amide bonds. The Morgan fingerprint density at radius 3 is 2.08 bits per heavy atom. The van der Waals surface area contributed by atoms with Crippen molar-refractivity contribution in [1.29, 1.82) is 0 Å². The summed E-state index contributed by atoms with van der Waals surface area (Å²) in [4.78, 5) is 27.8. The summed E-state index contributed by atoms with van der Waals surface area (Å²) in [7, 11) is 3.20. The molecule has 18 atom stereocenters. The Hall–Kier alpha value is -1.30. The molecule has 14 nitrogen and oxygen atoms in total. The number of esters is 1. The van der Waals surface area contributed by atoms with Gasteiger partial charge in [-0.05, 0) is 67.9 Å². The first-order chi connectivity index (χ1) is 23.1. The number of likely N-dealkylation sites (N-methyl/N-ethyl adjacent to an activating group) is 1. The molecule has 0 aromatic carbocycles. The molecule has 0 aromatic heterocycles. The summed E-state index contributed by atoms with van der Waals surface area (Å²) in [6.07, 6.45) is -9.76. The second-order valence-electron chi connectivity index (χ2n) is 15.8. The predicted molar refractivity (Wildman–Crippen MR) is 182 cm³/mol. The summed E-state index contributed by atoms with van der Waals surface area (Å²) in [6, 6.07) is -0.375. The topological polar surface area (TPSA) is 203 Å². The van der Waals surface area contributed by atoms with Crippen LogP contribution in [0.5, 0.6) is 0 Å². The van der Waals surface area contributed by atoms with E-state index >= 15 is 0 Å². The number of Topliss-reactive ketones (excluding diaryl/α,β-unsaturated/α-hetero) is 1. The Balaban J connectivity index is 2.17. The van der Waals surface area contributed by atoms with Crippen molar-refractivity contribution in [2.75, 3.05) is 14.2 Å². The predicted octanol–water partition coefficient (Wildman–Crippen LogP) is 1.44. The minimum Gasteiger partial charge on any atom is -0.459 e. The van der Waals surface area contributed by atoms with Gasteiger partial charge in [0.2, 0.25) is 0 Å². The maximum Gasteiger partial charge on any atom is 0.311 e. The average molecular weight is 720 g/mol. The highest BCUT2D eigenvalue weighted by Gasteiger charge is 2.53. The number of hydrogen-bond donors (Lipinski definition) is 6. The zero-order valence-corrected chi connectivity index (χ0v) is 32.0. The lowest BCUT2D eigenvalue weighted by Crippen LogP contribution is -2.61. The third kappa shape index (κ3) is 9.07. The third-order valence-electron chi connectivity index (χ3n) is 11.6. The van der Waals surface area contributed by atoms with Crippen LogP contribution in [0.1, 0.15) is 94.9 Å². The molecule has 0 aromatic rings. The molecular formula is C36H65NO13. The van der Waals surface area contributed by atoms with E-state index in [-0.39, 0.29) is 31.4 Å². The van der Waals surface area contributed by atoms with Gasteiger partial charge in [0.15, 0.2) is 12.6 Å². The molecule has 0 spiro atoms. The Labute approximate surface area is 297 Å². The molecule has 50 heavy (non-hydrogen) atoms. The van der Waals surface area contributed by atoms with E-state index in [0.29, 0.717) is 6.42 Å². The molecule has 6 N–H and O–H groups in total. The zero-order chi connectivity index (χ0) is 38.1. The maximum absolute atomic E-state index is 14.0. The first kappa shape index (κ1) is 43.1. The molecule has 3 fully saturated rings. The summed E-state index contributed by atoms with van der Waals surface area (Å²) in [5.74, 6) is -4.98. The van der Waals surface area contributed by atoms with E-state index in [2.05, 4.69) is 5.32 Å². The second-order valence-corrected chi connectivity index (χ2v) is 15.8. The molecule has 0 radical (unpaired) electrons. The van der Waals surface area contributed by atoms with Gasteiger partial charge < -0.3 is 59.3 Å². The molecule has 0 bridgehead atoms.